The summed E-state index contributed by atoms with van der Waals surface area (Å²) in [7, 11) is -1.45. The van der Waals surface area contributed by atoms with Crippen LogP contribution in [0.15, 0.2) is 0 Å². The van der Waals surface area contributed by atoms with Crippen molar-refractivity contribution in [1.82, 2.24) is 5.32 Å². The summed E-state index contributed by atoms with van der Waals surface area (Å²) < 4.78 is 5.74. The lowest BCUT2D eigenvalue weighted by atomic mass is 10.0. The number of amides is 1. The Labute approximate surface area is 184 Å². The van der Waals surface area contributed by atoms with Crippen LogP contribution in [0.1, 0.15) is 122 Å². The van der Waals surface area contributed by atoms with Crippen molar-refractivity contribution < 1.29 is 9.22 Å². The second-order valence-electron chi connectivity index (χ2n) is 9.72. The van der Waals surface area contributed by atoms with Gasteiger partial charge in [0.25, 0.3) is 0 Å². The maximum absolute atomic E-state index is 11.8. The van der Waals surface area contributed by atoms with Crippen molar-refractivity contribution >= 4 is 14.2 Å². The molecule has 174 valence electrons. The molecule has 0 aromatic heterocycles. The second kappa shape index (κ2) is 20.9. The van der Waals surface area contributed by atoms with Gasteiger partial charge >= 0.3 is 0 Å². The molecule has 0 unspecified atom stereocenters. The number of carbonyl (C=O) groups is 1. The fourth-order valence-electron chi connectivity index (χ4n) is 3.65. The van der Waals surface area contributed by atoms with E-state index in [1.165, 1.54) is 103 Å². The van der Waals surface area contributed by atoms with Gasteiger partial charge in [0, 0.05) is 13.0 Å². The highest BCUT2D eigenvalue weighted by molar-refractivity contribution is 6.69. The maximum Gasteiger partial charge on any atom is 0.220 e. The van der Waals surface area contributed by atoms with Gasteiger partial charge in [-0.25, -0.2) is 0 Å². The molecule has 0 aliphatic heterocycles. The molecule has 0 saturated heterocycles. The normalized spacial score (nSPS) is 11.7. The molecule has 0 spiro atoms. The smallest absolute Gasteiger partial charge is 0.220 e. The Morgan fingerprint density at radius 1 is 0.655 bits per heavy atom. The number of hydrogen-bond acceptors (Lipinski definition) is 2. The van der Waals surface area contributed by atoms with Gasteiger partial charge in [0.15, 0.2) is 8.32 Å². The number of nitrogens with one attached hydrogen (secondary N) is 1. The van der Waals surface area contributed by atoms with Gasteiger partial charge in [-0.05, 0) is 26.1 Å². The molecule has 4 heteroatoms. The number of rotatable bonds is 22. The molecular formula is C25H53NO2Si. The van der Waals surface area contributed by atoms with Gasteiger partial charge in [-0.15, -0.1) is 0 Å². The summed E-state index contributed by atoms with van der Waals surface area (Å²) >= 11 is 0. The van der Waals surface area contributed by atoms with Crippen LogP contribution in [0, 0.1) is 0 Å². The van der Waals surface area contributed by atoms with E-state index >= 15 is 0 Å². The average Bonchev–Trinajstić information content (AvgIpc) is 2.67. The van der Waals surface area contributed by atoms with Crippen molar-refractivity contribution in [3.63, 3.8) is 0 Å². The largest absolute Gasteiger partial charge is 0.416 e. The minimum absolute atomic E-state index is 0.185. The lowest BCUT2D eigenvalue weighted by molar-refractivity contribution is -0.121. The summed E-state index contributed by atoms with van der Waals surface area (Å²) in [6.07, 6.45) is 24.0. The highest BCUT2D eigenvalue weighted by Crippen LogP contribution is 2.14. The van der Waals surface area contributed by atoms with Crippen LogP contribution >= 0.6 is 0 Å². The first-order valence-electron chi connectivity index (χ1n) is 12.9. The molecule has 0 rings (SSSR count). The van der Waals surface area contributed by atoms with Crippen LogP contribution in [-0.4, -0.2) is 27.4 Å². The maximum atomic E-state index is 11.8. The van der Waals surface area contributed by atoms with Crippen LogP contribution in [0.4, 0.5) is 0 Å². The highest BCUT2D eigenvalue weighted by Gasteiger charge is 2.13. The van der Waals surface area contributed by atoms with Crippen molar-refractivity contribution in [3.8, 4) is 0 Å². The first-order valence-corrected chi connectivity index (χ1v) is 16.3. The summed E-state index contributed by atoms with van der Waals surface area (Å²) in [6.45, 7) is 10.1. The summed E-state index contributed by atoms with van der Waals surface area (Å²) in [5.74, 6) is 0.185. The van der Waals surface area contributed by atoms with Gasteiger partial charge in [-0.1, -0.05) is 110 Å². The molecule has 0 aromatic carbocycles. The van der Waals surface area contributed by atoms with E-state index < -0.39 is 8.32 Å². The van der Waals surface area contributed by atoms with Crippen LogP contribution in [0.5, 0.6) is 0 Å². The fourth-order valence-corrected chi connectivity index (χ4v) is 4.36. The van der Waals surface area contributed by atoms with Crippen LogP contribution in [0.25, 0.3) is 0 Å². The van der Waals surface area contributed by atoms with Crippen molar-refractivity contribution in [2.45, 2.75) is 142 Å². The molecule has 0 heterocycles. The monoisotopic (exact) mass is 427 g/mol. The third-order valence-corrected chi connectivity index (χ3v) is 6.54. The van der Waals surface area contributed by atoms with Crippen LogP contribution in [-0.2, 0) is 9.22 Å². The summed E-state index contributed by atoms with van der Waals surface area (Å²) in [5.41, 5.74) is 0. The van der Waals surface area contributed by atoms with Gasteiger partial charge in [0.1, 0.15) is 0 Å². The predicted octanol–water partition coefficient (Wildman–Crippen LogP) is 8.00. The zero-order chi connectivity index (χ0) is 21.6. The van der Waals surface area contributed by atoms with E-state index in [9.17, 15) is 4.79 Å². The third-order valence-electron chi connectivity index (χ3n) is 5.47. The molecule has 0 atom stereocenters. The van der Waals surface area contributed by atoms with Gasteiger partial charge in [-0.2, -0.15) is 0 Å². The van der Waals surface area contributed by atoms with Gasteiger partial charge in [0.2, 0.25) is 5.91 Å². The summed E-state index contributed by atoms with van der Waals surface area (Å²) in [6, 6.07) is 0. The molecule has 1 N–H and O–H groups in total. The minimum atomic E-state index is -1.45. The average molecular weight is 428 g/mol. The highest BCUT2D eigenvalue weighted by atomic mass is 28.4. The van der Waals surface area contributed by atoms with Crippen LogP contribution < -0.4 is 5.32 Å². The van der Waals surface area contributed by atoms with E-state index in [0.717, 1.165) is 6.42 Å². The number of carbonyl (C=O) groups excluding carboxylic acids is 1. The van der Waals surface area contributed by atoms with E-state index in [1.807, 2.05) is 0 Å². The van der Waals surface area contributed by atoms with Crippen molar-refractivity contribution in [2.24, 2.45) is 0 Å². The zero-order valence-corrected chi connectivity index (χ0v) is 21.5. The summed E-state index contributed by atoms with van der Waals surface area (Å²) in [4.78, 5) is 11.8. The standard InChI is InChI=1S/C25H53NO2Si/c1-5-6-7-8-9-10-11-12-13-14-15-16-17-18-19-20-21-22-25(27)26-23-24-28-29(2,3)4/h5-24H2,1-4H3,(H,26,27). The van der Waals surface area contributed by atoms with E-state index in [2.05, 4.69) is 31.9 Å². The third kappa shape index (κ3) is 25.6. The zero-order valence-electron chi connectivity index (χ0n) is 20.5. The Morgan fingerprint density at radius 3 is 1.41 bits per heavy atom. The molecular weight excluding hydrogens is 374 g/mol. The molecule has 0 saturated carbocycles. The van der Waals surface area contributed by atoms with Gasteiger partial charge < -0.3 is 9.74 Å². The fraction of sp³-hybridized carbons (Fsp3) is 0.960. The van der Waals surface area contributed by atoms with Crippen molar-refractivity contribution in [2.75, 3.05) is 13.2 Å². The molecule has 0 bridgehead atoms. The van der Waals surface area contributed by atoms with E-state index in [0.29, 0.717) is 19.6 Å². The second-order valence-corrected chi connectivity index (χ2v) is 14.2. The molecule has 0 aliphatic carbocycles. The van der Waals surface area contributed by atoms with E-state index in [4.69, 9.17) is 4.43 Å². The van der Waals surface area contributed by atoms with Gasteiger partial charge in [-0.3, -0.25) is 4.79 Å². The van der Waals surface area contributed by atoms with Gasteiger partial charge in [0.05, 0.1) is 6.61 Å². The van der Waals surface area contributed by atoms with Crippen LogP contribution in [0.2, 0.25) is 19.6 Å². The lowest BCUT2D eigenvalue weighted by Crippen LogP contribution is -2.32. The van der Waals surface area contributed by atoms with Crippen molar-refractivity contribution in [1.29, 1.82) is 0 Å². The molecule has 0 aromatic rings. The van der Waals surface area contributed by atoms with E-state index in [1.54, 1.807) is 0 Å². The Balaban J connectivity index is 3.15. The molecule has 3 nitrogen and oxygen atoms in total. The first-order chi connectivity index (χ1) is 14.0. The molecule has 0 aliphatic rings. The Kier molecular flexibility index (Phi) is 20.6. The lowest BCUT2D eigenvalue weighted by Gasteiger charge is -2.17. The molecule has 29 heavy (non-hydrogen) atoms. The first kappa shape index (κ1) is 28.6. The Hall–Kier alpha value is -0.353. The number of hydrogen-bond donors (Lipinski definition) is 1. The minimum Gasteiger partial charge on any atom is -0.416 e. The topological polar surface area (TPSA) is 38.3 Å². The summed E-state index contributed by atoms with van der Waals surface area (Å²) in [5, 5.41) is 2.97. The molecule has 0 radical (unpaired) electrons. The molecule has 1 amide bonds. The Morgan fingerprint density at radius 2 is 1.03 bits per heavy atom. The van der Waals surface area contributed by atoms with Crippen molar-refractivity contribution in [3.05, 3.63) is 0 Å². The molecule has 0 fully saturated rings. The predicted molar refractivity (Wildman–Crippen MR) is 131 cm³/mol. The number of unbranched alkanes of at least 4 members (excludes halogenated alkanes) is 16. The van der Waals surface area contributed by atoms with E-state index in [-0.39, 0.29) is 5.91 Å². The Bertz CT molecular complexity index is 355. The quantitative estimate of drug-likeness (QED) is 0.140. The van der Waals surface area contributed by atoms with Crippen LogP contribution in [0.3, 0.4) is 0 Å². The SMILES string of the molecule is CCCCCCCCCCCCCCCCCCCC(=O)NCCO[Si](C)(C)C.